The average Bonchev–Trinajstić information content (AvgIpc) is 2.40. The Kier molecular flexibility index (Phi) is 4.26. The van der Waals surface area contributed by atoms with Crippen LogP contribution in [0.4, 0.5) is 0 Å². The predicted molar refractivity (Wildman–Crippen MR) is 96.7 cm³/mol. The first-order chi connectivity index (χ1) is 11.4. The highest BCUT2D eigenvalue weighted by atomic mass is 16.5. The highest BCUT2D eigenvalue weighted by molar-refractivity contribution is 6.05. The molecule has 0 fully saturated rings. The van der Waals surface area contributed by atoms with Crippen molar-refractivity contribution in [2.45, 2.75) is 73.6 Å². The maximum absolute atomic E-state index is 13.0. The molecular weight excluding hydrogens is 314 g/mol. The molecule has 0 aromatic heterocycles. The number of nitrogens with zero attached hydrogens (tertiary/aromatic N) is 1. The summed E-state index contributed by atoms with van der Waals surface area (Å²) in [6.07, 6.45) is 3.09. The highest BCUT2D eigenvalue weighted by Crippen LogP contribution is 2.52. The van der Waals surface area contributed by atoms with Gasteiger partial charge in [0.05, 0.1) is 11.4 Å². The van der Waals surface area contributed by atoms with Gasteiger partial charge in [0.25, 0.3) is 0 Å². The van der Waals surface area contributed by atoms with Crippen molar-refractivity contribution in [1.82, 2.24) is 5.06 Å². The number of hydrogen-bond donors (Lipinski definition) is 1. The molecule has 0 saturated heterocycles. The zero-order valence-electron chi connectivity index (χ0n) is 16.4. The Hall–Kier alpha value is -1.42. The van der Waals surface area contributed by atoms with E-state index < -0.39 is 0 Å². The van der Waals surface area contributed by atoms with Gasteiger partial charge in [-0.05, 0) is 36.0 Å². The van der Waals surface area contributed by atoms with Gasteiger partial charge in [-0.25, -0.2) is 5.06 Å². The molecule has 2 aliphatic carbocycles. The second-order valence-corrected chi connectivity index (χ2v) is 10.1. The standard InChI is InChI=1S/C21H31NO3/c1-12(2)7-13-18-14(8-20(3,4)10-16(18)23)22(25)15-9-21(5,6)11-17(24)19(13)15/h12-13,25H,7-11H2,1-6H3. The smallest absolute Gasteiger partial charge is 0.161 e. The van der Waals surface area contributed by atoms with Gasteiger partial charge >= 0.3 is 0 Å². The molecule has 0 aromatic carbocycles. The fourth-order valence-electron chi connectivity index (χ4n) is 4.79. The van der Waals surface area contributed by atoms with Crippen LogP contribution in [0.5, 0.6) is 0 Å². The highest BCUT2D eigenvalue weighted by Gasteiger charge is 2.48. The van der Waals surface area contributed by atoms with Gasteiger partial charge in [-0.2, -0.15) is 0 Å². The summed E-state index contributed by atoms with van der Waals surface area (Å²) in [4.78, 5) is 25.9. The van der Waals surface area contributed by atoms with E-state index in [2.05, 4.69) is 41.5 Å². The fourth-order valence-corrected chi connectivity index (χ4v) is 4.79. The van der Waals surface area contributed by atoms with Crippen LogP contribution in [0.2, 0.25) is 0 Å². The Balaban J connectivity index is 2.16. The molecule has 3 rings (SSSR count). The first kappa shape index (κ1) is 18.4. The Morgan fingerprint density at radius 3 is 1.68 bits per heavy atom. The third kappa shape index (κ3) is 3.21. The van der Waals surface area contributed by atoms with Crippen molar-refractivity contribution >= 4 is 11.6 Å². The minimum atomic E-state index is -0.161. The van der Waals surface area contributed by atoms with Gasteiger partial charge in [0.1, 0.15) is 0 Å². The van der Waals surface area contributed by atoms with Crippen LogP contribution in [0.15, 0.2) is 22.5 Å². The predicted octanol–water partition coefficient (Wildman–Crippen LogP) is 4.64. The molecular formula is C21H31NO3. The van der Waals surface area contributed by atoms with E-state index in [0.29, 0.717) is 42.7 Å². The third-order valence-electron chi connectivity index (χ3n) is 5.71. The maximum Gasteiger partial charge on any atom is 0.161 e. The molecule has 0 spiro atoms. The molecule has 25 heavy (non-hydrogen) atoms. The summed E-state index contributed by atoms with van der Waals surface area (Å²) in [7, 11) is 0. The molecule has 1 heterocycles. The number of rotatable bonds is 2. The normalized spacial score (nSPS) is 26.3. The molecule has 0 bridgehead atoms. The minimum absolute atomic E-state index is 0.0973. The molecule has 4 heteroatoms. The van der Waals surface area contributed by atoms with Crippen LogP contribution < -0.4 is 0 Å². The number of hydroxylamine groups is 2. The fraction of sp³-hybridized carbons (Fsp3) is 0.714. The maximum atomic E-state index is 13.0. The van der Waals surface area contributed by atoms with Crippen LogP contribution in [0, 0.1) is 22.7 Å². The van der Waals surface area contributed by atoms with E-state index in [1.54, 1.807) is 0 Å². The van der Waals surface area contributed by atoms with Crippen molar-refractivity contribution < 1.29 is 14.8 Å². The molecule has 0 atom stereocenters. The van der Waals surface area contributed by atoms with E-state index in [1.807, 2.05) is 0 Å². The van der Waals surface area contributed by atoms with E-state index in [0.717, 1.165) is 17.8 Å². The van der Waals surface area contributed by atoms with Crippen molar-refractivity contribution in [3.8, 4) is 0 Å². The summed E-state index contributed by atoms with van der Waals surface area (Å²) >= 11 is 0. The Morgan fingerprint density at radius 1 is 0.920 bits per heavy atom. The second kappa shape index (κ2) is 5.80. The van der Waals surface area contributed by atoms with Crippen LogP contribution in [-0.4, -0.2) is 21.8 Å². The number of hydrogen-bond acceptors (Lipinski definition) is 4. The molecule has 4 nitrogen and oxygen atoms in total. The summed E-state index contributed by atoms with van der Waals surface area (Å²) in [5.74, 6) is 0.420. The number of carbonyl (C=O) groups is 2. The SMILES string of the molecule is CC(C)CC1C2=C(CC(C)(C)CC2=O)N(O)C2=C1C(=O)CC(C)(C)C2. The van der Waals surface area contributed by atoms with Gasteiger partial charge in [0.15, 0.2) is 11.6 Å². The molecule has 0 saturated carbocycles. The Bertz CT molecular complexity index is 640. The van der Waals surface area contributed by atoms with E-state index in [9.17, 15) is 14.8 Å². The van der Waals surface area contributed by atoms with Gasteiger partial charge in [-0.3, -0.25) is 14.8 Å². The van der Waals surface area contributed by atoms with Crippen LogP contribution in [0.1, 0.15) is 73.6 Å². The zero-order chi connectivity index (χ0) is 18.7. The van der Waals surface area contributed by atoms with Crippen LogP contribution in [0.3, 0.4) is 0 Å². The summed E-state index contributed by atoms with van der Waals surface area (Å²) in [6, 6.07) is 0. The Morgan fingerprint density at radius 2 is 1.32 bits per heavy atom. The largest absolute Gasteiger partial charge is 0.294 e. The van der Waals surface area contributed by atoms with Crippen LogP contribution in [-0.2, 0) is 9.59 Å². The van der Waals surface area contributed by atoms with Crippen LogP contribution in [0.25, 0.3) is 0 Å². The van der Waals surface area contributed by atoms with Gasteiger partial charge in [-0.15, -0.1) is 0 Å². The number of allylic oxidation sites excluding steroid dienone is 4. The molecule has 0 aromatic rings. The first-order valence-corrected chi connectivity index (χ1v) is 9.43. The molecule has 138 valence electrons. The van der Waals surface area contributed by atoms with Gasteiger partial charge < -0.3 is 0 Å². The summed E-state index contributed by atoms with van der Waals surface area (Å²) in [5, 5.41) is 12.2. The van der Waals surface area contributed by atoms with Crippen LogP contribution >= 0.6 is 0 Å². The minimum Gasteiger partial charge on any atom is -0.294 e. The van der Waals surface area contributed by atoms with Gasteiger partial charge in [0, 0.05) is 29.9 Å². The summed E-state index contributed by atoms with van der Waals surface area (Å²) in [6.45, 7) is 12.5. The quantitative estimate of drug-likeness (QED) is 0.792. The monoisotopic (exact) mass is 345 g/mol. The lowest BCUT2D eigenvalue weighted by molar-refractivity contribution is -0.123. The summed E-state index contributed by atoms with van der Waals surface area (Å²) < 4.78 is 0. The topological polar surface area (TPSA) is 57.6 Å². The average molecular weight is 345 g/mol. The first-order valence-electron chi connectivity index (χ1n) is 9.43. The van der Waals surface area contributed by atoms with E-state index in [1.165, 1.54) is 5.06 Å². The van der Waals surface area contributed by atoms with Crippen molar-refractivity contribution in [3.05, 3.63) is 22.5 Å². The second-order valence-electron chi connectivity index (χ2n) is 10.1. The Labute approximate surface area is 150 Å². The van der Waals surface area contributed by atoms with Crippen molar-refractivity contribution in [2.24, 2.45) is 22.7 Å². The van der Waals surface area contributed by atoms with Gasteiger partial charge in [0.2, 0.25) is 0 Å². The number of carbonyl (C=O) groups excluding carboxylic acids is 2. The number of Topliss-reactive ketones (excluding diaryl/α,β-unsaturated/α-hetero) is 2. The molecule has 1 N–H and O–H groups in total. The van der Waals surface area contributed by atoms with E-state index in [4.69, 9.17) is 0 Å². The lowest BCUT2D eigenvalue weighted by Gasteiger charge is -2.46. The molecule has 3 aliphatic rings. The third-order valence-corrected chi connectivity index (χ3v) is 5.71. The zero-order valence-corrected chi connectivity index (χ0v) is 16.4. The molecule has 1 aliphatic heterocycles. The van der Waals surface area contributed by atoms with Crippen molar-refractivity contribution in [3.63, 3.8) is 0 Å². The summed E-state index contributed by atoms with van der Waals surface area (Å²) in [5.41, 5.74) is 2.54. The van der Waals surface area contributed by atoms with Crippen molar-refractivity contribution in [1.29, 1.82) is 0 Å². The van der Waals surface area contributed by atoms with Crippen molar-refractivity contribution in [2.75, 3.05) is 0 Å². The molecule has 0 unspecified atom stereocenters. The van der Waals surface area contributed by atoms with Gasteiger partial charge in [-0.1, -0.05) is 41.5 Å². The van der Waals surface area contributed by atoms with E-state index >= 15 is 0 Å². The lowest BCUT2D eigenvalue weighted by Crippen LogP contribution is -2.44. The molecule has 0 amide bonds. The number of ketones is 2. The van der Waals surface area contributed by atoms with E-state index in [-0.39, 0.29) is 28.3 Å². The lowest BCUT2D eigenvalue weighted by atomic mass is 9.64. The molecule has 0 radical (unpaired) electrons.